The van der Waals surface area contributed by atoms with Gasteiger partial charge in [0, 0.05) is 22.8 Å². The lowest BCUT2D eigenvalue weighted by atomic mass is 10.1. The summed E-state index contributed by atoms with van der Waals surface area (Å²) in [6.45, 7) is 3.54. The highest BCUT2D eigenvalue weighted by atomic mass is 35.5. The molecule has 2 aromatic carbocycles. The van der Waals surface area contributed by atoms with Gasteiger partial charge in [-0.15, -0.1) is 0 Å². The molecule has 0 atom stereocenters. The SMILES string of the molecule is C/C(CC(=O)Nc1cccc(Cl)c1C)=N\NC(=O)CCc1ccccc1. The molecular formula is C20H22ClN3O2. The lowest BCUT2D eigenvalue weighted by molar-refractivity contribution is -0.121. The highest BCUT2D eigenvalue weighted by Crippen LogP contribution is 2.22. The third kappa shape index (κ3) is 6.33. The van der Waals surface area contributed by atoms with E-state index in [9.17, 15) is 9.59 Å². The average Bonchev–Trinajstić information content (AvgIpc) is 2.63. The Bertz CT molecular complexity index is 804. The van der Waals surface area contributed by atoms with E-state index in [1.54, 1.807) is 25.1 Å². The maximum absolute atomic E-state index is 12.1. The Labute approximate surface area is 158 Å². The van der Waals surface area contributed by atoms with Crippen molar-refractivity contribution in [3.8, 4) is 0 Å². The van der Waals surface area contributed by atoms with Crippen molar-refractivity contribution in [2.24, 2.45) is 5.10 Å². The van der Waals surface area contributed by atoms with Gasteiger partial charge >= 0.3 is 0 Å². The van der Waals surface area contributed by atoms with Gasteiger partial charge in [-0.25, -0.2) is 5.43 Å². The number of carbonyl (C=O) groups excluding carboxylic acids is 2. The predicted octanol–water partition coefficient (Wildman–Crippen LogP) is 4.10. The van der Waals surface area contributed by atoms with Crippen LogP contribution in [0.3, 0.4) is 0 Å². The molecule has 0 unspecified atom stereocenters. The molecule has 0 bridgehead atoms. The molecule has 0 saturated heterocycles. The molecule has 136 valence electrons. The minimum atomic E-state index is -0.213. The molecule has 0 saturated carbocycles. The zero-order chi connectivity index (χ0) is 18.9. The summed E-state index contributed by atoms with van der Waals surface area (Å²) in [5.74, 6) is -0.394. The van der Waals surface area contributed by atoms with Crippen LogP contribution in [0.15, 0.2) is 53.6 Å². The first kappa shape index (κ1) is 19.7. The Morgan fingerprint density at radius 2 is 1.77 bits per heavy atom. The number of hydrogen-bond donors (Lipinski definition) is 2. The molecule has 0 aromatic heterocycles. The number of aryl methyl sites for hydroxylation is 1. The van der Waals surface area contributed by atoms with E-state index in [1.807, 2.05) is 37.3 Å². The van der Waals surface area contributed by atoms with Crippen LogP contribution in [-0.4, -0.2) is 17.5 Å². The van der Waals surface area contributed by atoms with E-state index >= 15 is 0 Å². The number of carbonyl (C=O) groups is 2. The van der Waals surface area contributed by atoms with Gasteiger partial charge in [-0.2, -0.15) is 5.10 Å². The van der Waals surface area contributed by atoms with Crippen LogP contribution in [0, 0.1) is 6.92 Å². The number of amides is 2. The predicted molar refractivity (Wildman–Crippen MR) is 105 cm³/mol. The van der Waals surface area contributed by atoms with Crippen molar-refractivity contribution in [1.82, 2.24) is 5.43 Å². The number of nitrogens with one attached hydrogen (secondary N) is 2. The van der Waals surface area contributed by atoms with E-state index in [0.717, 1.165) is 11.1 Å². The van der Waals surface area contributed by atoms with E-state index in [4.69, 9.17) is 11.6 Å². The minimum absolute atomic E-state index is 0.0882. The summed E-state index contributed by atoms with van der Waals surface area (Å²) in [5.41, 5.74) is 5.59. The molecule has 6 heteroatoms. The van der Waals surface area contributed by atoms with E-state index in [-0.39, 0.29) is 18.2 Å². The Morgan fingerprint density at radius 3 is 2.50 bits per heavy atom. The third-order valence-electron chi connectivity index (χ3n) is 3.81. The quantitative estimate of drug-likeness (QED) is 0.568. The molecule has 0 aliphatic rings. The van der Waals surface area contributed by atoms with Crippen LogP contribution in [0.25, 0.3) is 0 Å². The molecule has 2 amide bonds. The van der Waals surface area contributed by atoms with Crippen LogP contribution in [-0.2, 0) is 16.0 Å². The third-order valence-corrected chi connectivity index (χ3v) is 4.22. The highest BCUT2D eigenvalue weighted by Gasteiger charge is 2.08. The van der Waals surface area contributed by atoms with Gasteiger partial charge in [0.05, 0.1) is 6.42 Å². The molecule has 0 heterocycles. The van der Waals surface area contributed by atoms with Crippen LogP contribution < -0.4 is 10.7 Å². The van der Waals surface area contributed by atoms with Crippen molar-refractivity contribution in [3.63, 3.8) is 0 Å². The summed E-state index contributed by atoms with van der Waals surface area (Å²) in [4.78, 5) is 23.9. The Balaban J connectivity index is 1.79. The molecule has 0 aliphatic heterocycles. The summed E-state index contributed by atoms with van der Waals surface area (Å²) in [6.07, 6.45) is 1.08. The second-order valence-corrected chi connectivity index (χ2v) is 6.41. The summed E-state index contributed by atoms with van der Waals surface area (Å²) in [5, 5.41) is 7.38. The Morgan fingerprint density at radius 1 is 1.04 bits per heavy atom. The van der Waals surface area contributed by atoms with Gasteiger partial charge in [0.1, 0.15) is 0 Å². The number of rotatable bonds is 7. The summed E-state index contributed by atoms with van der Waals surface area (Å²) in [7, 11) is 0. The van der Waals surface area contributed by atoms with Crippen LogP contribution in [0.4, 0.5) is 5.69 Å². The van der Waals surface area contributed by atoms with Crippen LogP contribution in [0.5, 0.6) is 0 Å². The number of anilines is 1. The van der Waals surface area contributed by atoms with Gasteiger partial charge in [-0.1, -0.05) is 48.0 Å². The molecule has 0 aliphatic carbocycles. The van der Waals surface area contributed by atoms with Crippen molar-refractivity contribution < 1.29 is 9.59 Å². The molecule has 0 spiro atoms. The number of halogens is 1. The maximum Gasteiger partial charge on any atom is 0.240 e. The normalized spacial score (nSPS) is 11.1. The fourth-order valence-corrected chi connectivity index (χ4v) is 2.50. The molecule has 2 rings (SSSR count). The number of hydrazone groups is 1. The number of hydrogen-bond acceptors (Lipinski definition) is 3. The highest BCUT2D eigenvalue weighted by molar-refractivity contribution is 6.31. The molecule has 2 N–H and O–H groups in total. The van der Waals surface area contributed by atoms with Gasteiger partial charge in [-0.05, 0) is 43.5 Å². The number of benzene rings is 2. The Kier molecular flexibility index (Phi) is 7.36. The molecule has 2 aromatic rings. The lowest BCUT2D eigenvalue weighted by Gasteiger charge is -2.09. The number of nitrogens with zero attached hydrogens (tertiary/aromatic N) is 1. The van der Waals surface area contributed by atoms with E-state index in [1.165, 1.54) is 0 Å². The molecule has 0 radical (unpaired) electrons. The molecule has 0 fully saturated rings. The summed E-state index contributed by atoms with van der Waals surface area (Å²) < 4.78 is 0. The van der Waals surface area contributed by atoms with Gasteiger partial charge in [0.25, 0.3) is 0 Å². The second kappa shape index (κ2) is 9.73. The van der Waals surface area contributed by atoms with Gasteiger partial charge < -0.3 is 5.32 Å². The molecule has 5 nitrogen and oxygen atoms in total. The first-order chi connectivity index (χ1) is 12.5. The maximum atomic E-state index is 12.1. The fourth-order valence-electron chi connectivity index (χ4n) is 2.33. The van der Waals surface area contributed by atoms with E-state index < -0.39 is 0 Å². The van der Waals surface area contributed by atoms with Crippen molar-refractivity contribution in [2.45, 2.75) is 33.1 Å². The van der Waals surface area contributed by atoms with Crippen molar-refractivity contribution in [3.05, 3.63) is 64.7 Å². The first-order valence-corrected chi connectivity index (χ1v) is 8.74. The standard InChI is InChI=1S/C20H22ClN3O2/c1-14(13-20(26)22-18-10-6-9-17(21)15(18)2)23-24-19(25)12-11-16-7-4-3-5-8-16/h3-10H,11-13H2,1-2H3,(H,22,26)(H,24,25)/b23-14+. The summed E-state index contributed by atoms with van der Waals surface area (Å²) in [6, 6.07) is 15.1. The monoisotopic (exact) mass is 371 g/mol. The average molecular weight is 372 g/mol. The van der Waals surface area contributed by atoms with Crippen molar-refractivity contribution in [1.29, 1.82) is 0 Å². The van der Waals surface area contributed by atoms with E-state index in [0.29, 0.717) is 29.3 Å². The second-order valence-electron chi connectivity index (χ2n) is 6.01. The lowest BCUT2D eigenvalue weighted by Crippen LogP contribution is -2.21. The van der Waals surface area contributed by atoms with Crippen LogP contribution >= 0.6 is 11.6 Å². The topological polar surface area (TPSA) is 70.6 Å². The van der Waals surface area contributed by atoms with E-state index in [2.05, 4.69) is 15.8 Å². The van der Waals surface area contributed by atoms with Gasteiger partial charge in [-0.3, -0.25) is 9.59 Å². The molecule has 26 heavy (non-hydrogen) atoms. The van der Waals surface area contributed by atoms with Crippen molar-refractivity contribution in [2.75, 3.05) is 5.32 Å². The zero-order valence-corrected chi connectivity index (χ0v) is 15.6. The Hall–Kier alpha value is -2.66. The summed E-state index contributed by atoms with van der Waals surface area (Å²) >= 11 is 6.04. The van der Waals surface area contributed by atoms with Gasteiger partial charge in [0.2, 0.25) is 11.8 Å². The largest absolute Gasteiger partial charge is 0.325 e. The van der Waals surface area contributed by atoms with Crippen LogP contribution in [0.2, 0.25) is 5.02 Å². The minimum Gasteiger partial charge on any atom is -0.325 e. The van der Waals surface area contributed by atoms with Crippen LogP contribution in [0.1, 0.15) is 30.9 Å². The fraction of sp³-hybridized carbons (Fsp3) is 0.250. The van der Waals surface area contributed by atoms with Crippen molar-refractivity contribution >= 4 is 34.8 Å². The molecular weight excluding hydrogens is 350 g/mol. The first-order valence-electron chi connectivity index (χ1n) is 8.36. The smallest absolute Gasteiger partial charge is 0.240 e. The zero-order valence-electron chi connectivity index (χ0n) is 14.9. The van der Waals surface area contributed by atoms with Gasteiger partial charge in [0.15, 0.2) is 0 Å².